The molecule has 1 heteroatoms. The molecule has 0 aromatic heterocycles. The molecule has 0 saturated heterocycles. The van der Waals surface area contributed by atoms with Gasteiger partial charge in [0, 0.05) is 11.8 Å². The maximum absolute atomic E-state index is 5.62. The number of allylic oxidation sites excluding steroid dienone is 2. The molecule has 0 heterocycles. The Kier molecular flexibility index (Phi) is 5.01. The smallest absolute Gasteiger partial charge is 0.119 e. The van der Waals surface area contributed by atoms with Crippen LogP contribution in [0.2, 0.25) is 0 Å². The highest BCUT2D eigenvalue weighted by molar-refractivity contribution is 5.43. The van der Waals surface area contributed by atoms with E-state index in [-0.39, 0.29) is 0 Å². The van der Waals surface area contributed by atoms with Crippen molar-refractivity contribution < 1.29 is 4.74 Å². The van der Waals surface area contributed by atoms with Gasteiger partial charge in [-0.05, 0) is 99.2 Å². The van der Waals surface area contributed by atoms with Gasteiger partial charge in [0.1, 0.15) is 5.75 Å². The molecule has 5 rings (SSSR count). The normalized spacial score (nSPS) is 38.4. The van der Waals surface area contributed by atoms with Crippen LogP contribution < -0.4 is 4.74 Å². The molecular formula is C28H36O. The molecule has 1 aromatic rings. The largest absolute Gasteiger partial charge is 0.497 e. The maximum Gasteiger partial charge on any atom is 0.119 e. The van der Waals surface area contributed by atoms with Crippen LogP contribution in [0.1, 0.15) is 83.1 Å². The summed E-state index contributed by atoms with van der Waals surface area (Å²) in [5.41, 5.74) is 5.60. The lowest BCUT2D eigenvalue weighted by molar-refractivity contribution is 0.0752. The van der Waals surface area contributed by atoms with Gasteiger partial charge in [-0.3, -0.25) is 0 Å². The van der Waals surface area contributed by atoms with E-state index < -0.39 is 0 Å². The summed E-state index contributed by atoms with van der Waals surface area (Å²) < 4.78 is 5.62. The monoisotopic (exact) mass is 388 g/mol. The number of benzene rings is 1. The molecular weight excluding hydrogens is 352 g/mol. The van der Waals surface area contributed by atoms with Crippen molar-refractivity contribution in [1.29, 1.82) is 0 Å². The van der Waals surface area contributed by atoms with Crippen molar-refractivity contribution in [2.24, 2.45) is 29.1 Å². The molecule has 29 heavy (non-hydrogen) atoms. The third kappa shape index (κ3) is 3.06. The highest BCUT2D eigenvalue weighted by Gasteiger charge is 2.56. The standard InChI is InChI=1S/C28H36O/c1-4-8-21-14-16-26-24-15-13-19-9-5-6-12-23(19)27(24)25(18-28(21,26)2)20-10-7-11-22(17-20)29-3/h7,10-11,17,19,21,24-26H,5-6,9,12-16,18H2,1-3H3/t19?,21-,24-,25+,26-,28+/m0/s1. The molecule has 4 aliphatic rings. The summed E-state index contributed by atoms with van der Waals surface area (Å²) in [6, 6.07) is 8.98. The number of hydrogen-bond acceptors (Lipinski definition) is 1. The molecule has 0 radical (unpaired) electrons. The maximum atomic E-state index is 5.62. The molecule has 0 spiro atoms. The molecule has 1 aromatic carbocycles. The molecule has 0 amide bonds. The molecule has 0 bridgehead atoms. The molecule has 0 N–H and O–H groups in total. The second kappa shape index (κ2) is 7.54. The number of hydrogen-bond donors (Lipinski definition) is 0. The van der Waals surface area contributed by atoms with E-state index in [1.54, 1.807) is 7.11 Å². The summed E-state index contributed by atoms with van der Waals surface area (Å²) >= 11 is 0. The number of ether oxygens (including phenoxy) is 1. The predicted molar refractivity (Wildman–Crippen MR) is 120 cm³/mol. The molecule has 1 nitrogen and oxygen atoms in total. The third-order valence-electron chi connectivity index (χ3n) is 9.07. The highest BCUT2D eigenvalue weighted by atomic mass is 16.5. The van der Waals surface area contributed by atoms with E-state index in [1.807, 2.05) is 18.1 Å². The summed E-state index contributed by atoms with van der Waals surface area (Å²) in [5, 5.41) is 0. The minimum atomic E-state index is 0.354. The Morgan fingerprint density at radius 1 is 1.07 bits per heavy atom. The number of fused-ring (bicyclic) bond motifs is 4. The fourth-order valence-electron chi connectivity index (χ4n) is 7.79. The first-order valence-electron chi connectivity index (χ1n) is 11.9. The van der Waals surface area contributed by atoms with E-state index in [4.69, 9.17) is 4.74 Å². The first-order chi connectivity index (χ1) is 14.2. The number of rotatable bonds is 2. The summed E-state index contributed by atoms with van der Waals surface area (Å²) in [6.07, 6.45) is 12.4. The topological polar surface area (TPSA) is 9.23 Å². The van der Waals surface area contributed by atoms with E-state index in [0.717, 1.165) is 23.5 Å². The van der Waals surface area contributed by atoms with E-state index in [9.17, 15) is 0 Å². The van der Waals surface area contributed by atoms with Gasteiger partial charge in [0.15, 0.2) is 0 Å². The van der Waals surface area contributed by atoms with E-state index >= 15 is 0 Å². The van der Waals surface area contributed by atoms with E-state index in [2.05, 4.69) is 43.0 Å². The van der Waals surface area contributed by atoms with Gasteiger partial charge >= 0.3 is 0 Å². The summed E-state index contributed by atoms with van der Waals surface area (Å²) in [4.78, 5) is 0. The van der Waals surface area contributed by atoms with Crippen molar-refractivity contribution in [3.63, 3.8) is 0 Å². The van der Waals surface area contributed by atoms with Crippen LogP contribution in [0.3, 0.4) is 0 Å². The van der Waals surface area contributed by atoms with Gasteiger partial charge in [-0.1, -0.05) is 42.5 Å². The Bertz CT molecular complexity index is 868. The molecule has 4 aliphatic carbocycles. The lowest BCUT2D eigenvalue weighted by Crippen LogP contribution is -2.43. The Labute approximate surface area is 177 Å². The van der Waals surface area contributed by atoms with Gasteiger partial charge in [-0.15, -0.1) is 5.92 Å². The van der Waals surface area contributed by atoms with Crippen LogP contribution in [0.5, 0.6) is 5.75 Å². The first-order valence-corrected chi connectivity index (χ1v) is 11.9. The second-order valence-corrected chi connectivity index (χ2v) is 10.3. The zero-order chi connectivity index (χ0) is 20.0. The van der Waals surface area contributed by atoms with Crippen molar-refractivity contribution in [2.75, 3.05) is 7.11 Å². The van der Waals surface area contributed by atoms with Crippen LogP contribution in [-0.2, 0) is 0 Å². The first kappa shape index (κ1) is 19.3. The van der Waals surface area contributed by atoms with E-state index in [1.165, 1.54) is 63.4 Å². The van der Waals surface area contributed by atoms with Crippen LogP contribution in [0, 0.1) is 40.9 Å². The van der Waals surface area contributed by atoms with Crippen LogP contribution in [0.25, 0.3) is 0 Å². The van der Waals surface area contributed by atoms with Gasteiger partial charge < -0.3 is 4.74 Å². The summed E-state index contributed by atoms with van der Waals surface area (Å²) in [5.74, 6) is 11.6. The van der Waals surface area contributed by atoms with Gasteiger partial charge in [0.25, 0.3) is 0 Å². The van der Waals surface area contributed by atoms with Crippen molar-refractivity contribution in [3.05, 3.63) is 41.0 Å². The van der Waals surface area contributed by atoms with Crippen molar-refractivity contribution >= 4 is 0 Å². The quantitative estimate of drug-likeness (QED) is 0.386. The van der Waals surface area contributed by atoms with Crippen molar-refractivity contribution in [3.8, 4) is 17.6 Å². The van der Waals surface area contributed by atoms with Crippen LogP contribution >= 0.6 is 0 Å². The average Bonchev–Trinajstić information content (AvgIpc) is 3.09. The molecule has 3 saturated carbocycles. The Balaban J connectivity index is 1.65. The molecule has 154 valence electrons. The van der Waals surface area contributed by atoms with Crippen LogP contribution in [0.15, 0.2) is 35.4 Å². The lowest BCUT2D eigenvalue weighted by atomic mass is 9.51. The van der Waals surface area contributed by atoms with E-state index in [0.29, 0.717) is 17.3 Å². The fourth-order valence-corrected chi connectivity index (χ4v) is 7.79. The zero-order valence-corrected chi connectivity index (χ0v) is 18.5. The summed E-state index contributed by atoms with van der Waals surface area (Å²) in [6.45, 7) is 4.61. The molecule has 1 unspecified atom stereocenters. The van der Waals surface area contributed by atoms with Crippen LogP contribution in [-0.4, -0.2) is 7.11 Å². The molecule has 0 aliphatic heterocycles. The van der Waals surface area contributed by atoms with Crippen molar-refractivity contribution in [1.82, 2.24) is 0 Å². The Hall–Kier alpha value is -1.68. The summed E-state index contributed by atoms with van der Waals surface area (Å²) in [7, 11) is 1.80. The Morgan fingerprint density at radius 2 is 1.97 bits per heavy atom. The van der Waals surface area contributed by atoms with Gasteiger partial charge in [0.05, 0.1) is 7.11 Å². The Morgan fingerprint density at radius 3 is 2.79 bits per heavy atom. The molecule has 6 atom stereocenters. The van der Waals surface area contributed by atoms with Crippen molar-refractivity contribution in [2.45, 2.75) is 77.6 Å². The highest BCUT2D eigenvalue weighted by Crippen LogP contribution is 2.65. The second-order valence-electron chi connectivity index (χ2n) is 10.3. The minimum Gasteiger partial charge on any atom is -0.497 e. The zero-order valence-electron chi connectivity index (χ0n) is 18.5. The van der Waals surface area contributed by atoms with Gasteiger partial charge in [-0.2, -0.15) is 0 Å². The molecule has 3 fully saturated rings. The van der Waals surface area contributed by atoms with Gasteiger partial charge in [0.2, 0.25) is 0 Å². The van der Waals surface area contributed by atoms with Gasteiger partial charge in [-0.25, -0.2) is 0 Å². The number of methoxy groups -OCH3 is 1. The third-order valence-corrected chi connectivity index (χ3v) is 9.07. The fraction of sp³-hybridized carbons (Fsp3) is 0.643. The lowest BCUT2D eigenvalue weighted by Gasteiger charge is -2.53. The van der Waals surface area contributed by atoms with Crippen LogP contribution in [0.4, 0.5) is 0 Å². The predicted octanol–water partition coefficient (Wildman–Crippen LogP) is 7.14. The minimum absolute atomic E-state index is 0.354. The average molecular weight is 389 g/mol. The SMILES string of the molecule is CC#C[C@H]1CC[C@H]2[C@@H]3CCC4CCCCC4=C3[C@@H](c3cccc(OC)c3)C[C@]12C.